The van der Waals surface area contributed by atoms with Crippen molar-refractivity contribution in [1.29, 1.82) is 0 Å². The first-order chi connectivity index (χ1) is 33.0. The Morgan fingerprint density at radius 1 is 0.652 bits per heavy atom. The number of piperidine rings is 2. The number of fused-ring (bicyclic) bond motifs is 2. The highest BCUT2D eigenvalue weighted by Crippen LogP contribution is 2.43. The van der Waals surface area contributed by atoms with Crippen molar-refractivity contribution >= 4 is 40.1 Å². The molecule has 1 amide bonds. The molecule has 2 saturated heterocycles. The molecule has 1 N–H and O–H groups in total. The van der Waals surface area contributed by atoms with Crippen molar-refractivity contribution in [2.24, 2.45) is 0 Å². The lowest BCUT2D eigenvalue weighted by molar-refractivity contribution is 0.0204. The number of aromatic nitrogens is 10. The maximum atomic E-state index is 15.0. The summed E-state index contributed by atoms with van der Waals surface area (Å²) in [5, 5.41) is 31.6. The second kappa shape index (κ2) is 19.6. The molecule has 69 heavy (non-hydrogen) atoms. The van der Waals surface area contributed by atoms with Gasteiger partial charge in [-0.05, 0) is 108 Å². The Balaban J connectivity index is 0.000000175. The number of nitrogens with one attached hydrogen (secondary N) is 1. The number of thiazole rings is 2. The van der Waals surface area contributed by atoms with Crippen LogP contribution < -0.4 is 5.32 Å². The molecule has 0 bridgehead atoms. The number of amides is 1. The lowest BCUT2D eigenvalue weighted by atomic mass is 9.98. The van der Waals surface area contributed by atoms with Gasteiger partial charge in [-0.15, -0.1) is 43.1 Å². The number of carbonyl (C=O) groups is 1. The van der Waals surface area contributed by atoms with Gasteiger partial charge < -0.3 is 15.0 Å². The first-order valence-electron chi connectivity index (χ1n) is 23.1. The molecule has 0 spiro atoms. The van der Waals surface area contributed by atoms with Crippen LogP contribution in [-0.4, -0.2) is 92.4 Å². The summed E-state index contributed by atoms with van der Waals surface area (Å²) in [4.78, 5) is 25.4. The number of rotatable bonds is 8. The molecule has 2 aliphatic rings. The Morgan fingerprint density at radius 2 is 1.10 bits per heavy atom. The van der Waals surface area contributed by atoms with Gasteiger partial charge in [0, 0.05) is 60.0 Å². The normalized spacial score (nSPS) is 15.1. The van der Waals surface area contributed by atoms with E-state index in [0.717, 1.165) is 64.6 Å². The van der Waals surface area contributed by atoms with E-state index in [2.05, 4.69) is 25.7 Å². The SMILES string of the molecule is CC(C)c1nnc2ccc(-c3sc(C4CCN(C(=O)OC(C)(C)C)CC4)nc3-c3ccc(F)cc3F)nn12.CC(C)c1nnc2ccc(-c3sc(C4CCNCC4)nc3-c3ccc(F)cc3F)nn12. The van der Waals surface area contributed by atoms with E-state index in [1.54, 1.807) is 13.9 Å². The zero-order valence-corrected chi connectivity index (χ0v) is 40.9. The number of halogens is 4. The summed E-state index contributed by atoms with van der Waals surface area (Å²) in [6, 6.07) is 14.5. The van der Waals surface area contributed by atoms with Gasteiger partial charge >= 0.3 is 6.09 Å². The maximum Gasteiger partial charge on any atom is 0.410 e. The molecule has 8 aromatic rings. The molecule has 2 fully saturated rings. The number of benzene rings is 2. The largest absolute Gasteiger partial charge is 0.444 e. The van der Waals surface area contributed by atoms with E-state index in [4.69, 9.17) is 24.9 Å². The van der Waals surface area contributed by atoms with Gasteiger partial charge in [0.25, 0.3) is 0 Å². The van der Waals surface area contributed by atoms with E-state index in [0.29, 0.717) is 70.8 Å². The first-order valence-corrected chi connectivity index (χ1v) is 24.7. The van der Waals surface area contributed by atoms with Crippen molar-refractivity contribution < 1.29 is 27.1 Å². The van der Waals surface area contributed by atoms with Gasteiger partial charge in [-0.3, -0.25) is 0 Å². The number of ether oxygens (including phenoxy) is 1. The lowest BCUT2D eigenvalue weighted by Crippen LogP contribution is -2.41. The average Bonchev–Trinajstić information content (AvgIpc) is 4.14. The van der Waals surface area contributed by atoms with Gasteiger partial charge in [0.2, 0.25) is 0 Å². The predicted molar refractivity (Wildman–Crippen MR) is 257 cm³/mol. The third-order valence-corrected chi connectivity index (χ3v) is 14.4. The zero-order valence-electron chi connectivity index (χ0n) is 39.3. The summed E-state index contributed by atoms with van der Waals surface area (Å²) in [6.07, 6.45) is 3.04. The van der Waals surface area contributed by atoms with Crippen molar-refractivity contribution in [3.05, 3.63) is 106 Å². The second-order valence-electron chi connectivity index (χ2n) is 18.9. The molecule has 6 aromatic heterocycles. The summed E-state index contributed by atoms with van der Waals surface area (Å²) in [7, 11) is 0. The molecular formula is C49H52F4N12O2S2. The molecule has 2 aromatic carbocycles. The van der Waals surface area contributed by atoms with Gasteiger partial charge in [-0.2, -0.15) is 19.2 Å². The summed E-state index contributed by atoms with van der Waals surface area (Å²) in [6.45, 7) is 16.6. The number of carbonyl (C=O) groups excluding carboxylic acids is 1. The van der Waals surface area contributed by atoms with Crippen LogP contribution in [0.25, 0.3) is 55.0 Å². The summed E-state index contributed by atoms with van der Waals surface area (Å²) in [5.41, 5.74) is 3.41. The molecule has 0 unspecified atom stereocenters. The molecule has 0 atom stereocenters. The van der Waals surface area contributed by atoms with Gasteiger partial charge in [0.1, 0.15) is 40.3 Å². The minimum absolute atomic E-state index is 0.0829. The van der Waals surface area contributed by atoms with Gasteiger partial charge in [0.05, 0.1) is 31.2 Å². The molecule has 0 radical (unpaired) electrons. The van der Waals surface area contributed by atoms with Gasteiger partial charge in [-0.1, -0.05) is 27.7 Å². The van der Waals surface area contributed by atoms with Gasteiger partial charge in [0.15, 0.2) is 22.9 Å². The predicted octanol–water partition coefficient (Wildman–Crippen LogP) is 11.2. The van der Waals surface area contributed by atoms with Crippen LogP contribution >= 0.6 is 22.7 Å². The van der Waals surface area contributed by atoms with E-state index < -0.39 is 28.9 Å². The summed E-state index contributed by atoms with van der Waals surface area (Å²) >= 11 is 2.99. The van der Waals surface area contributed by atoms with E-state index >= 15 is 0 Å². The van der Waals surface area contributed by atoms with Crippen LogP contribution in [0.3, 0.4) is 0 Å². The van der Waals surface area contributed by atoms with Crippen LogP contribution in [0.5, 0.6) is 0 Å². The minimum Gasteiger partial charge on any atom is -0.444 e. The lowest BCUT2D eigenvalue weighted by Gasteiger charge is -2.32. The number of nitrogens with zero attached hydrogens (tertiary/aromatic N) is 11. The van der Waals surface area contributed by atoms with Gasteiger partial charge in [-0.25, -0.2) is 32.3 Å². The highest BCUT2D eigenvalue weighted by Gasteiger charge is 2.31. The van der Waals surface area contributed by atoms with Crippen molar-refractivity contribution in [2.45, 2.75) is 103 Å². The average molecular weight is 981 g/mol. The fourth-order valence-electron chi connectivity index (χ4n) is 8.38. The second-order valence-corrected chi connectivity index (χ2v) is 20.9. The van der Waals surface area contributed by atoms with Crippen LogP contribution in [0.4, 0.5) is 22.4 Å². The molecule has 20 heteroatoms. The molecule has 10 rings (SSSR count). The maximum absolute atomic E-state index is 15.0. The quantitative estimate of drug-likeness (QED) is 0.145. The Kier molecular flexibility index (Phi) is 13.6. The fraction of sp³-hybridized carbons (Fsp3) is 0.408. The van der Waals surface area contributed by atoms with Crippen molar-refractivity contribution in [3.8, 4) is 43.7 Å². The van der Waals surface area contributed by atoms with Crippen LogP contribution in [0, 0.1) is 23.3 Å². The number of hydrogen-bond acceptors (Lipinski definition) is 13. The standard InChI is InChI=1S/C27H30F2N6O2S.C22H22F2N6S/c1-15(2)24-32-31-21-9-8-20(33-35(21)24)23-22(18-7-6-17(28)14-19(18)29)30-25(38-23)16-10-12-34(13-11-16)26(36)37-27(3,4)5;1-12(2)21-28-27-18-6-5-17(29-30(18)21)20-19(15-4-3-14(23)11-16(15)24)26-22(31-20)13-7-9-25-10-8-13/h6-9,14-16H,10-13H2,1-5H3;3-6,11-13,25H,7-10H2,1-2H3. The molecular weight excluding hydrogens is 929 g/mol. The van der Waals surface area contributed by atoms with E-state index in [1.165, 1.54) is 46.9 Å². The Morgan fingerprint density at radius 3 is 1.52 bits per heavy atom. The number of hydrogen-bond donors (Lipinski definition) is 1. The monoisotopic (exact) mass is 980 g/mol. The van der Waals surface area contributed by atoms with Crippen LogP contribution in [0.15, 0.2) is 60.7 Å². The molecule has 360 valence electrons. The van der Waals surface area contributed by atoms with Crippen molar-refractivity contribution in [3.63, 3.8) is 0 Å². The highest BCUT2D eigenvalue weighted by atomic mass is 32.1. The fourth-order valence-corrected chi connectivity index (χ4v) is 10.8. The third-order valence-electron chi connectivity index (χ3n) is 11.9. The molecule has 14 nitrogen and oxygen atoms in total. The first kappa shape index (κ1) is 47.8. The Hall–Kier alpha value is -6.25. The summed E-state index contributed by atoms with van der Waals surface area (Å²) < 4.78 is 65.9. The molecule has 0 aliphatic carbocycles. The molecule has 2 aliphatic heterocycles. The topological polar surface area (TPSA) is 154 Å². The van der Waals surface area contributed by atoms with Crippen LogP contribution in [0.1, 0.15) is 119 Å². The highest BCUT2D eigenvalue weighted by molar-refractivity contribution is 7.16. The van der Waals surface area contributed by atoms with Crippen LogP contribution in [0.2, 0.25) is 0 Å². The van der Waals surface area contributed by atoms with E-state index in [9.17, 15) is 22.4 Å². The Labute approximate surface area is 404 Å². The van der Waals surface area contributed by atoms with E-state index in [1.807, 2.05) is 72.7 Å². The molecule has 0 saturated carbocycles. The summed E-state index contributed by atoms with van der Waals surface area (Å²) in [5.74, 6) is -0.442. The third kappa shape index (κ3) is 10.2. The Bertz CT molecular complexity index is 3140. The smallest absolute Gasteiger partial charge is 0.410 e. The van der Waals surface area contributed by atoms with E-state index in [-0.39, 0.29) is 35.0 Å². The van der Waals surface area contributed by atoms with Crippen LogP contribution in [-0.2, 0) is 4.74 Å². The molecule has 8 heterocycles. The van der Waals surface area contributed by atoms with Crippen molar-refractivity contribution in [1.82, 2.24) is 59.8 Å². The zero-order chi connectivity index (χ0) is 48.7. The van der Waals surface area contributed by atoms with Crippen molar-refractivity contribution in [2.75, 3.05) is 26.2 Å². The minimum atomic E-state index is -0.684. The number of likely N-dealkylation sites (tertiary alicyclic amines) is 1.